The number of nitrogens with two attached hydrogens (primary N) is 1. The molecule has 0 spiro atoms. The second-order valence-corrected chi connectivity index (χ2v) is 3.76. The normalized spacial score (nSPS) is 12.5. The highest BCUT2D eigenvalue weighted by atomic mass is 35.5. The summed E-state index contributed by atoms with van der Waals surface area (Å²) in [6.07, 6.45) is 0. The van der Waals surface area contributed by atoms with Gasteiger partial charge < -0.3 is 15.9 Å². The van der Waals surface area contributed by atoms with Crippen LogP contribution in [0.15, 0.2) is 6.07 Å². The van der Waals surface area contributed by atoms with Gasteiger partial charge in [0, 0.05) is 12.1 Å². The highest BCUT2D eigenvalue weighted by Gasteiger charge is 2.25. The van der Waals surface area contributed by atoms with E-state index in [0.717, 1.165) is 0 Å². The molecule has 1 unspecified atom stereocenters. The standard InChI is InChI=1S/C10H11ClFNO3/c1-4-2-5(6(3-13)10(15)16)8(12)9(14)7(4)11/h2,6,14H,3,13H2,1H3,(H,15,16). The van der Waals surface area contributed by atoms with E-state index in [-0.39, 0.29) is 17.1 Å². The van der Waals surface area contributed by atoms with Crippen LogP contribution >= 0.6 is 11.6 Å². The molecule has 0 bridgehead atoms. The van der Waals surface area contributed by atoms with Crippen LogP contribution < -0.4 is 5.73 Å². The fraction of sp³-hybridized carbons (Fsp3) is 0.300. The Balaban J connectivity index is 3.39. The van der Waals surface area contributed by atoms with Gasteiger partial charge in [-0.3, -0.25) is 4.79 Å². The van der Waals surface area contributed by atoms with Crippen molar-refractivity contribution in [1.82, 2.24) is 0 Å². The molecule has 0 saturated heterocycles. The number of aromatic hydroxyl groups is 1. The van der Waals surface area contributed by atoms with Gasteiger partial charge in [0.1, 0.15) is 0 Å². The Labute approximate surface area is 96.4 Å². The summed E-state index contributed by atoms with van der Waals surface area (Å²) in [4.78, 5) is 10.8. The number of carboxylic acid groups (broad SMARTS) is 1. The molecular weight excluding hydrogens is 237 g/mol. The van der Waals surface area contributed by atoms with Crippen molar-refractivity contribution in [3.05, 3.63) is 28.0 Å². The summed E-state index contributed by atoms with van der Waals surface area (Å²) in [5, 5.41) is 18.1. The minimum Gasteiger partial charge on any atom is -0.504 e. The van der Waals surface area contributed by atoms with Crippen LogP contribution in [-0.2, 0) is 4.79 Å². The molecule has 1 atom stereocenters. The summed E-state index contributed by atoms with van der Waals surface area (Å²) in [5.41, 5.74) is 5.49. The lowest BCUT2D eigenvalue weighted by molar-refractivity contribution is -0.138. The molecule has 4 nitrogen and oxygen atoms in total. The second-order valence-electron chi connectivity index (χ2n) is 3.39. The van der Waals surface area contributed by atoms with Gasteiger partial charge in [-0.2, -0.15) is 0 Å². The largest absolute Gasteiger partial charge is 0.504 e. The van der Waals surface area contributed by atoms with Gasteiger partial charge in [-0.1, -0.05) is 17.7 Å². The van der Waals surface area contributed by atoms with Crippen molar-refractivity contribution in [3.63, 3.8) is 0 Å². The first-order chi connectivity index (χ1) is 7.40. The van der Waals surface area contributed by atoms with Crippen molar-refractivity contribution in [2.75, 3.05) is 6.54 Å². The number of carboxylic acids is 1. The smallest absolute Gasteiger partial charge is 0.312 e. The number of phenolic OH excluding ortho intramolecular Hbond substituents is 1. The predicted molar refractivity (Wildman–Crippen MR) is 57.2 cm³/mol. The van der Waals surface area contributed by atoms with Crippen LogP contribution in [0.4, 0.5) is 4.39 Å². The lowest BCUT2D eigenvalue weighted by Crippen LogP contribution is -2.22. The molecule has 0 fully saturated rings. The lowest BCUT2D eigenvalue weighted by atomic mass is 9.96. The van der Waals surface area contributed by atoms with E-state index in [9.17, 15) is 14.3 Å². The zero-order valence-corrected chi connectivity index (χ0v) is 9.25. The van der Waals surface area contributed by atoms with E-state index in [1.54, 1.807) is 6.92 Å². The molecule has 6 heteroatoms. The minimum absolute atomic E-state index is 0.123. The summed E-state index contributed by atoms with van der Waals surface area (Å²) in [7, 11) is 0. The molecule has 1 aromatic carbocycles. The predicted octanol–water partition coefficient (Wildman–Crippen LogP) is 1.62. The third-order valence-electron chi connectivity index (χ3n) is 2.30. The topological polar surface area (TPSA) is 83.6 Å². The first kappa shape index (κ1) is 12.7. The van der Waals surface area contributed by atoms with Gasteiger partial charge in [-0.15, -0.1) is 0 Å². The van der Waals surface area contributed by atoms with E-state index in [1.165, 1.54) is 6.07 Å². The molecule has 0 aliphatic rings. The minimum atomic E-state index is -1.25. The number of rotatable bonds is 3. The van der Waals surface area contributed by atoms with Gasteiger partial charge in [0.25, 0.3) is 0 Å². The molecule has 1 aromatic rings. The monoisotopic (exact) mass is 247 g/mol. The van der Waals surface area contributed by atoms with Crippen LogP contribution in [0.3, 0.4) is 0 Å². The number of benzene rings is 1. The van der Waals surface area contributed by atoms with E-state index in [0.29, 0.717) is 5.56 Å². The molecular formula is C10H11ClFNO3. The average Bonchev–Trinajstić information content (AvgIpc) is 2.23. The maximum atomic E-state index is 13.6. The summed E-state index contributed by atoms with van der Waals surface area (Å²) in [6, 6.07) is 1.28. The Bertz CT molecular complexity index is 437. The van der Waals surface area contributed by atoms with Crippen molar-refractivity contribution in [2.24, 2.45) is 5.73 Å². The van der Waals surface area contributed by atoms with Crippen molar-refractivity contribution in [1.29, 1.82) is 0 Å². The summed E-state index contributed by atoms with van der Waals surface area (Å²) < 4.78 is 13.6. The molecule has 0 heterocycles. The van der Waals surface area contributed by atoms with E-state index in [4.69, 9.17) is 22.4 Å². The fourth-order valence-corrected chi connectivity index (χ4v) is 1.53. The molecule has 16 heavy (non-hydrogen) atoms. The first-order valence-corrected chi connectivity index (χ1v) is 4.88. The first-order valence-electron chi connectivity index (χ1n) is 4.50. The van der Waals surface area contributed by atoms with Crippen molar-refractivity contribution < 1.29 is 19.4 Å². The van der Waals surface area contributed by atoms with Crippen molar-refractivity contribution in [3.8, 4) is 5.75 Å². The van der Waals surface area contributed by atoms with Gasteiger partial charge in [0.15, 0.2) is 11.6 Å². The molecule has 0 aliphatic carbocycles. The van der Waals surface area contributed by atoms with Gasteiger partial charge in [0.05, 0.1) is 10.9 Å². The van der Waals surface area contributed by atoms with Crippen molar-refractivity contribution >= 4 is 17.6 Å². The van der Waals surface area contributed by atoms with E-state index in [1.807, 2.05) is 0 Å². The molecule has 0 radical (unpaired) electrons. The zero-order chi connectivity index (χ0) is 12.5. The van der Waals surface area contributed by atoms with Crippen LogP contribution in [0.25, 0.3) is 0 Å². The number of carbonyl (C=O) groups is 1. The number of phenols is 1. The van der Waals surface area contributed by atoms with E-state index < -0.39 is 23.5 Å². The van der Waals surface area contributed by atoms with E-state index >= 15 is 0 Å². The Morgan fingerprint density at radius 1 is 1.69 bits per heavy atom. The molecule has 0 aromatic heterocycles. The Morgan fingerprint density at radius 2 is 2.25 bits per heavy atom. The van der Waals surface area contributed by atoms with Gasteiger partial charge >= 0.3 is 5.97 Å². The van der Waals surface area contributed by atoms with Crippen LogP contribution in [0, 0.1) is 12.7 Å². The number of hydrogen-bond acceptors (Lipinski definition) is 3. The maximum absolute atomic E-state index is 13.6. The molecule has 0 amide bonds. The molecule has 0 aliphatic heterocycles. The second kappa shape index (κ2) is 4.67. The Kier molecular flexibility index (Phi) is 3.72. The van der Waals surface area contributed by atoms with Crippen LogP contribution in [0.5, 0.6) is 5.75 Å². The van der Waals surface area contributed by atoms with E-state index in [2.05, 4.69) is 0 Å². The summed E-state index contributed by atoms with van der Waals surface area (Å²) in [5.74, 6) is -4.21. The maximum Gasteiger partial charge on any atom is 0.312 e. The lowest BCUT2D eigenvalue weighted by Gasteiger charge is -2.14. The third kappa shape index (κ3) is 2.10. The highest BCUT2D eigenvalue weighted by Crippen LogP contribution is 2.34. The number of aryl methyl sites for hydroxylation is 1. The average molecular weight is 248 g/mol. The fourth-order valence-electron chi connectivity index (χ4n) is 1.39. The third-order valence-corrected chi connectivity index (χ3v) is 2.77. The zero-order valence-electron chi connectivity index (χ0n) is 8.50. The highest BCUT2D eigenvalue weighted by molar-refractivity contribution is 6.32. The number of halogens is 2. The van der Waals surface area contributed by atoms with Crippen LogP contribution in [-0.4, -0.2) is 22.7 Å². The molecule has 4 N–H and O–H groups in total. The van der Waals surface area contributed by atoms with Gasteiger partial charge in [0.2, 0.25) is 0 Å². The summed E-state index contributed by atoms with van der Waals surface area (Å²) >= 11 is 5.61. The molecule has 0 saturated carbocycles. The van der Waals surface area contributed by atoms with Gasteiger partial charge in [-0.05, 0) is 12.5 Å². The Hall–Kier alpha value is -1.33. The summed E-state index contributed by atoms with van der Waals surface area (Å²) in [6.45, 7) is 1.28. The number of aliphatic carboxylic acids is 1. The number of hydrogen-bond donors (Lipinski definition) is 3. The van der Waals surface area contributed by atoms with Gasteiger partial charge in [-0.25, -0.2) is 4.39 Å². The Morgan fingerprint density at radius 3 is 2.69 bits per heavy atom. The van der Waals surface area contributed by atoms with Crippen LogP contribution in [0.1, 0.15) is 17.0 Å². The molecule has 1 rings (SSSR count). The quantitative estimate of drug-likeness (QED) is 0.758. The SMILES string of the molecule is Cc1cc(C(CN)C(=O)O)c(F)c(O)c1Cl. The van der Waals surface area contributed by atoms with Crippen LogP contribution in [0.2, 0.25) is 5.02 Å². The molecule has 88 valence electrons. The van der Waals surface area contributed by atoms with Crippen molar-refractivity contribution in [2.45, 2.75) is 12.8 Å².